The predicted octanol–water partition coefficient (Wildman–Crippen LogP) is 19.2. The van der Waals surface area contributed by atoms with Gasteiger partial charge in [-0.15, -0.1) is 0 Å². The number of rotatable bonds is 10. The van der Waals surface area contributed by atoms with Crippen molar-refractivity contribution in [1.82, 2.24) is 33.2 Å². The Morgan fingerprint density at radius 3 is 1.47 bits per heavy atom. The number of pyridine rings is 1. The van der Waals surface area contributed by atoms with E-state index in [2.05, 4.69) is 108 Å². The van der Waals surface area contributed by atoms with E-state index in [1.165, 1.54) is 0 Å². The third-order valence-electron chi connectivity index (χ3n) is 17.2. The van der Waals surface area contributed by atoms with Crippen molar-refractivity contribution in [3.63, 3.8) is 0 Å². The summed E-state index contributed by atoms with van der Waals surface area (Å²) >= 11 is 0. The number of para-hydroxylation sites is 8. The SMILES string of the molecule is [2H]c1c([2H])c([2H])c(-c2cccc(-c3c([2H])c([2H])c([2H])c([2H])c3[2H])c2-[n+]2[c-]n(-c3cccc(N(c4ccc5c6ccccc6n(-c6cc(C(C)(C)C)ccn6)c5c4)c4nc(-n5c6ccccc6c6ccccc65)c(C#N)c(-n5c6ccccc6c6ccccc65)n4)c3)c3ccccc32)c([2H])c1[2H]. The minimum Gasteiger partial charge on any atom is -0.294 e. The summed E-state index contributed by atoms with van der Waals surface area (Å²) in [6.45, 7) is 6.54. The van der Waals surface area contributed by atoms with E-state index >= 15 is 0 Å². The molecule has 0 N–H and O–H groups in total. The molecule has 0 aliphatic carbocycles. The third kappa shape index (κ3) is 8.54. The number of anilines is 3. The van der Waals surface area contributed by atoms with E-state index in [1.54, 1.807) is 22.8 Å². The first-order valence-electron chi connectivity index (χ1n) is 34.8. The topological polar surface area (TPSA) is 89.3 Å². The van der Waals surface area contributed by atoms with Gasteiger partial charge in [0, 0.05) is 44.2 Å². The Hall–Kier alpha value is -12.2. The van der Waals surface area contributed by atoms with Gasteiger partial charge in [-0.05, 0) is 106 Å². The van der Waals surface area contributed by atoms with Crippen molar-refractivity contribution in [3.05, 3.63) is 302 Å². The van der Waals surface area contributed by atoms with Gasteiger partial charge in [0.1, 0.15) is 17.5 Å². The van der Waals surface area contributed by atoms with Gasteiger partial charge in [0.25, 0.3) is 6.33 Å². The smallest absolute Gasteiger partial charge is 0.269 e. The summed E-state index contributed by atoms with van der Waals surface area (Å²) in [4.78, 5) is 18.5. The monoisotopic (exact) mass is 1180 g/mol. The summed E-state index contributed by atoms with van der Waals surface area (Å²) in [6, 6.07) is 68.1. The Morgan fingerprint density at radius 1 is 0.473 bits per heavy atom. The van der Waals surface area contributed by atoms with Gasteiger partial charge < -0.3 is 0 Å². The van der Waals surface area contributed by atoms with Gasteiger partial charge in [-0.2, -0.15) is 15.2 Å². The number of aromatic nitrogens is 8. The van der Waals surface area contributed by atoms with Crippen LogP contribution in [0, 0.1) is 17.7 Å². The molecule has 0 saturated heterocycles. The summed E-state index contributed by atoms with van der Waals surface area (Å²) in [5.74, 6) is 1.56. The van der Waals surface area contributed by atoms with E-state index in [0.717, 1.165) is 76.8 Å². The van der Waals surface area contributed by atoms with Crippen molar-refractivity contribution in [2.75, 3.05) is 4.90 Å². The van der Waals surface area contributed by atoms with Gasteiger partial charge in [-0.1, -0.05) is 227 Å². The minimum absolute atomic E-state index is 0.111. The number of imidazole rings is 1. The first-order chi connectivity index (χ1) is 48.9. The quantitative estimate of drug-likeness (QED) is 0.101. The maximum absolute atomic E-state index is 12.0. The summed E-state index contributed by atoms with van der Waals surface area (Å²) in [5.41, 5.74) is 8.95. The van der Waals surface area contributed by atoms with Gasteiger partial charge in [0.2, 0.25) is 5.95 Å². The number of hydrogen-bond acceptors (Lipinski definition) is 5. The van der Waals surface area contributed by atoms with Crippen LogP contribution in [-0.2, 0) is 5.41 Å². The van der Waals surface area contributed by atoms with Gasteiger partial charge >= 0.3 is 0 Å². The molecule has 10 nitrogen and oxygen atoms in total. The van der Waals surface area contributed by atoms with Crippen LogP contribution in [0.15, 0.2) is 285 Å². The summed E-state index contributed by atoms with van der Waals surface area (Å²) in [7, 11) is 0. The molecular weight excluding hydrogens is 1110 g/mol. The maximum atomic E-state index is 12.0. The van der Waals surface area contributed by atoms with Crippen LogP contribution < -0.4 is 9.47 Å². The first kappa shape index (κ1) is 43.4. The minimum atomic E-state index is -0.598. The lowest BCUT2D eigenvalue weighted by Crippen LogP contribution is -2.31. The van der Waals surface area contributed by atoms with Crippen molar-refractivity contribution in [2.24, 2.45) is 0 Å². The lowest BCUT2D eigenvalue weighted by Gasteiger charge is -2.26. The van der Waals surface area contributed by atoms with Crippen LogP contribution in [0.1, 0.15) is 45.6 Å². The van der Waals surface area contributed by atoms with E-state index in [1.807, 2.05) is 155 Å². The molecule has 0 unspecified atom stereocenters. The lowest BCUT2D eigenvalue weighted by molar-refractivity contribution is -0.571. The van der Waals surface area contributed by atoms with E-state index in [4.69, 9.17) is 23.2 Å². The first-order valence-corrected chi connectivity index (χ1v) is 29.8. The Bertz CT molecular complexity index is 6060. The molecule has 0 saturated carbocycles. The fraction of sp³-hybridized carbons (Fsp3) is 0.0494. The molecule has 0 radical (unpaired) electrons. The van der Waals surface area contributed by atoms with E-state index < -0.39 is 60.4 Å². The second-order valence-corrected chi connectivity index (χ2v) is 23.4. The zero-order valence-electron chi connectivity index (χ0n) is 59.3. The van der Waals surface area contributed by atoms with Gasteiger partial charge in [-0.25, -0.2) is 4.98 Å². The van der Waals surface area contributed by atoms with E-state index in [-0.39, 0.29) is 44.9 Å². The zero-order valence-corrected chi connectivity index (χ0v) is 49.3. The van der Waals surface area contributed by atoms with Crippen molar-refractivity contribution in [1.29, 1.82) is 5.26 Å². The average molecular weight is 1180 g/mol. The molecule has 0 aliphatic heterocycles. The number of benzene rings is 11. The summed E-state index contributed by atoms with van der Waals surface area (Å²) in [6.07, 6.45) is 5.44. The van der Waals surface area contributed by atoms with E-state index in [9.17, 15) is 10.7 Å². The maximum Gasteiger partial charge on any atom is 0.269 e. The second kappa shape index (κ2) is 21.0. The molecule has 430 valence electrons. The number of fused-ring (bicyclic) bond motifs is 10. The normalized spacial score (nSPS) is 13.4. The highest BCUT2D eigenvalue weighted by Gasteiger charge is 2.29. The standard InChI is InChI=1S/C81H56N10/c1-81(2,3)55-46-47-83-76(48-55)89-68-37-15-10-34-65(68)66-45-44-58(50-75(66)89)88(57-29-22-28-56(49-57)86-52-87(74-43-21-20-42-73(74)86)77-59(53-24-6-4-7-25-53)35-23-36-60(77)54-26-8-5-9-27-54)80-84-78(90-69-38-16-11-30-61(69)62-31-12-17-39-70(62)90)67(51-82)79(85-80)91-71-40-18-13-32-63(71)64-33-14-19-41-72(64)91/h4-50H,1-3H3/i4D,5D,6D,7D,8D,9D,24D,25D,26D,27D. The fourth-order valence-corrected chi connectivity index (χ4v) is 13.1. The molecule has 6 aromatic heterocycles. The number of hydrogen-bond donors (Lipinski definition) is 0. The molecule has 10 heteroatoms. The summed E-state index contributed by atoms with van der Waals surface area (Å²) in [5, 5.41) is 17.8. The highest BCUT2D eigenvalue weighted by atomic mass is 15.3. The molecule has 0 atom stereocenters. The summed E-state index contributed by atoms with van der Waals surface area (Å²) < 4.78 is 99.7. The van der Waals surface area contributed by atoms with Crippen molar-refractivity contribution >= 4 is 93.8 Å². The molecular formula is C81H56N10. The van der Waals surface area contributed by atoms with Crippen LogP contribution in [-0.4, -0.2) is 33.2 Å². The Kier molecular flexibility index (Phi) is 10.0. The molecule has 0 fully saturated rings. The van der Waals surface area contributed by atoms with Gasteiger partial charge in [0.15, 0.2) is 11.6 Å². The fourth-order valence-electron chi connectivity index (χ4n) is 13.1. The highest BCUT2D eigenvalue weighted by Crippen LogP contribution is 2.44. The van der Waals surface area contributed by atoms with Crippen molar-refractivity contribution in [3.8, 4) is 57.2 Å². The largest absolute Gasteiger partial charge is 0.294 e. The zero-order chi connectivity index (χ0) is 69.6. The molecule has 0 bridgehead atoms. The second-order valence-electron chi connectivity index (χ2n) is 23.4. The Balaban J connectivity index is 0.977. The number of nitriles is 1. The lowest BCUT2D eigenvalue weighted by atomic mass is 9.88. The number of nitrogens with zero attached hydrogens (tertiary/aromatic N) is 10. The predicted molar refractivity (Wildman–Crippen MR) is 369 cm³/mol. The van der Waals surface area contributed by atoms with Crippen LogP contribution >= 0.6 is 0 Å². The molecule has 0 amide bonds. The van der Waals surface area contributed by atoms with Crippen LogP contribution in [0.2, 0.25) is 0 Å². The van der Waals surface area contributed by atoms with Crippen molar-refractivity contribution < 1.29 is 18.3 Å². The molecule has 91 heavy (non-hydrogen) atoms. The molecule has 17 rings (SSSR count). The van der Waals surface area contributed by atoms with Crippen LogP contribution in [0.4, 0.5) is 17.3 Å². The van der Waals surface area contributed by atoms with Crippen LogP contribution in [0.3, 0.4) is 0 Å². The van der Waals surface area contributed by atoms with Crippen LogP contribution in [0.5, 0.6) is 0 Å². The molecule has 6 heterocycles. The molecule has 0 aliphatic rings. The van der Waals surface area contributed by atoms with Gasteiger partial charge in [0.05, 0.1) is 74.9 Å². The Morgan fingerprint density at radius 2 is 0.945 bits per heavy atom. The van der Waals surface area contributed by atoms with Gasteiger partial charge in [-0.3, -0.25) is 27.7 Å². The van der Waals surface area contributed by atoms with Crippen molar-refractivity contribution in [2.45, 2.75) is 26.2 Å². The van der Waals surface area contributed by atoms with Crippen LogP contribution in [0.25, 0.3) is 128 Å². The molecule has 11 aromatic carbocycles. The Labute approximate surface area is 539 Å². The molecule has 17 aromatic rings. The third-order valence-corrected chi connectivity index (χ3v) is 17.2. The highest BCUT2D eigenvalue weighted by molar-refractivity contribution is 6.12. The average Bonchev–Trinajstić information content (AvgIpc) is 1.72. The molecule has 0 spiro atoms. The van der Waals surface area contributed by atoms with E-state index in [0.29, 0.717) is 39.7 Å².